The van der Waals surface area contributed by atoms with Crippen molar-refractivity contribution in [2.45, 2.75) is 6.92 Å². The minimum absolute atomic E-state index is 0.637. The molecule has 0 aliphatic heterocycles. The van der Waals surface area contributed by atoms with E-state index in [-0.39, 0.29) is 0 Å². The van der Waals surface area contributed by atoms with Crippen LogP contribution in [0.2, 0.25) is 0 Å². The predicted molar refractivity (Wildman–Crippen MR) is 65.2 cm³/mol. The summed E-state index contributed by atoms with van der Waals surface area (Å²) in [7, 11) is 0. The molecule has 4 nitrogen and oxygen atoms in total. The van der Waals surface area contributed by atoms with E-state index in [0.717, 1.165) is 22.3 Å². The molecule has 2 heterocycles. The van der Waals surface area contributed by atoms with Gasteiger partial charge in [0.1, 0.15) is 0 Å². The highest BCUT2D eigenvalue weighted by Gasteiger charge is 2.02. The number of aromatic nitrogens is 2. The van der Waals surface area contributed by atoms with Gasteiger partial charge in [-0.15, -0.1) is 0 Å². The number of hydrogen-bond donors (Lipinski definition) is 2. The molecule has 0 spiro atoms. The van der Waals surface area contributed by atoms with Crippen LogP contribution in [0.4, 0.5) is 0 Å². The van der Waals surface area contributed by atoms with Crippen molar-refractivity contribution in [1.29, 1.82) is 5.41 Å². The fourth-order valence-corrected chi connectivity index (χ4v) is 1.49. The molecule has 0 aliphatic carbocycles. The van der Waals surface area contributed by atoms with Crippen molar-refractivity contribution in [2.24, 2.45) is 5.73 Å². The van der Waals surface area contributed by atoms with E-state index in [9.17, 15) is 0 Å². The first-order chi connectivity index (χ1) is 7.74. The van der Waals surface area contributed by atoms with E-state index in [0.29, 0.717) is 5.57 Å². The van der Waals surface area contributed by atoms with E-state index in [1.54, 1.807) is 6.20 Å². The molecule has 0 unspecified atom stereocenters. The number of nitrogens with zero attached hydrogens (tertiary/aromatic N) is 2. The minimum Gasteiger partial charge on any atom is -0.404 e. The number of fused-ring (bicyclic) bond motifs is 1. The summed E-state index contributed by atoms with van der Waals surface area (Å²) in [5.74, 6) is 0. The molecule has 0 fully saturated rings. The zero-order valence-electron chi connectivity index (χ0n) is 8.94. The molecule has 2 rings (SSSR count). The van der Waals surface area contributed by atoms with Crippen LogP contribution in [0.5, 0.6) is 0 Å². The number of nitrogens with one attached hydrogen (secondary N) is 1. The molecule has 2 aromatic rings. The zero-order valence-corrected chi connectivity index (χ0v) is 8.94. The Morgan fingerprint density at radius 1 is 1.38 bits per heavy atom. The molecule has 3 N–H and O–H groups in total. The van der Waals surface area contributed by atoms with Crippen molar-refractivity contribution in [1.82, 2.24) is 9.97 Å². The zero-order chi connectivity index (χ0) is 11.5. The largest absolute Gasteiger partial charge is 0.404 e. The molecule has 0 bridgehead atoms. The number of nitrogens with two attached hydrogens (primary N) is 1. The van der Waals surface area contributed by atoms with Crippen molar-refractivity contribution < 1.29 is 0 Å². The molecule has 2 aromatic heterocycles. The lowest BCUT2D eigenvalue weighted by atomic mass is 10.1. The summed E-state index contributed by atoms with van der Waals surface area (Å²) in [5, 5.41) is 7.23. The molecule has 0 saturated heterocycles. The summed E-state index contributed by atoms with van der Waals surface area (Å²) >= 11 is 0. The van der Waals surface area contributed by atoms with Crippen molar-refractivity contribution in [3.63, 3.8) is 0 Å². The molecule has 0 aliphatic rings. The Labute approximate surface area is 93.3 Å². The Morgan fingerprint density at radius 3 is 2.88 bits per heavy atom. The van der Waals surface area contributed by atoms with E-state index in [2.05, 4.69) is 9.97 Å². The van der Waals surface area contributed by atoms with Gasteiger partial charge in [0.2, 0.25) is 0 Å². The highest BCUT2D eigenvalue weighted by atomic mass is 14.8. The summed E-state index contributed by atoms with van der Waals surface area (Å²) in [5.41, 5.74) is 9.48. The van der Waals surface area contributed by atoms with Gasteiger partial charge in [0.25, 0.3) is 0 Å². The second-order valence-corrected chi connectivity index (χ2v) is 3.48. The predicted octanol–water partition coefficient (Wildman–Crippen LogP) is 1.89. The first kappa shape index (κ1) is 10.3. The molecule has 0 aromatic carbocycles. The molecular formula is C12H12N4. The lowest BCUT2D eigenvalue weighted by Gasteiger charge is -2.02. The van der Waals surface area contributed by atoms with E-state index >= 15 is 0 Å². The van der Waals surface area contributed by atoms with Gasteiger partial charge < -0.3 is 11.1 Å². The van der Waals surface area contributed by atoms with Gasteiger partial charge in [-0.3, -0.25) is 9.97 Å². The summed E-state index contributed by atoms with van der Waals surface area (Å²) in [6.45, 7) is 1.93. The van der Waals surface area contributed by atoms with Gasteiger partial charge >= 0.3 is 0 Å². The quantitative estimate of drug-likeness (QED) is 0.746. The molecule has 0 saturated carbocycles. The molecule has 0 amide bonds. The first-order valence-electron chi connectivity index (χ1n) is 4.91. The maximum Gasteiger partial charge on any atom is 0.0896 e. The van der Waals surface area contributed by atoms with Crippen LogP contribution in [0, 0.1) is 12.3 Å². The van der Waals surface area contributed by atoms with Crippen LogP contribution < -0.4 is 5.73 Å². The van der Waals surface area contributed by atoms with Gasteiger partial charge in [-0.1, -0.05) is 0 Å². The lowest BCUT2D eigenvalue weighted by Crippen LogP contribution is -1.93. The third-order valence-corrected chi connectivity index (χ3v) is 2.34. The second kappa shape index (κ2) is 4.10. The summed E-state index contributed by atoms with van der Waals surface area (Å²) in [6, 6.07) is 5.74. The highest BCUT2D eigenvalue weighted by Crippen LogP contribution is 2.16. The van der Waals surface area contributed by atoms with Crippen LogP contribution in [0.1, 0.15) is 11.3 Å². The van der Waals surface area contributed by atoms with Crippen molar-refractivity contribution in [3.05, 3.63) is 41.9 Å². The van der Waals surface area contributed by atoms with Gasteiger partial charge in [0, 0.05) is 35.4 Å². The summed E-state index contributed by atoms with van der Waals surface area (Å²) in [6.07, 6.45) is 4.30. The molecule has 4 heteroatoms. The molecular weight excluding hydrogens is 200 g/mol. The molecule has 0 atom stereocenters. The van der Waals surface area contributed by atoms with Gasteiger partial charge in [-0.2, -0.15) is 0 Å². The van der Waals surface area contributed by atoms with E-state index in [4.69, 9.17) is 11.1 Å². The number of rotatable bonds is 2. The van der Waals surface area contributed by atoms with E-state index < -0.39 is 0 Å². The lowest BCUT2D eigenvalue weighted by molar-refractivity contribution is 1.23. The average Bonchev–Trinajstić information content (AvgIpc) is 2.30. The number of allylic oxidation sites excluding steroid dienone is 1. The SMILES string of the molecule is Cc1ccc2ncc(/C(C=N)=C/N)cc2n1. The first-order valence-corrected chi connectivity index (χ1v) is 4.91. The molecule has 16 heavy (non-hydrogen) atoms. The number of pyridine rings is 2. The van der Waals surface area contributed by atoms with Gasteiger partial charge in [-0.25, -0.2) is 0 Å². The Morgan fingerprint density at radius 2 is 2.19 bits per heavy atom. The van der Waals surface area contributed by atoms with Crippen LogP contribution in [0.15, 0.2) is 30.6 Å². The standard InChI is InChI=1S/C12H12N4/c1-8-2-3-11-12(16-8)4-9(7-15-11)10(5-13)6-14/h2-7,13H,14H2,1H3/b10-6+,13-5?. The van der Waals surface area contributed by atoms with Crippen molar-refractivity contribution >= 4 is 22.8 Å². The molecule has 0 radical (unpaired) electrons. The fourth-order valence-electron chi connectivity index (χ4n) is 1.49. The normalized spacial score (nSPS) is 11.7. The smallest absolute Gasteiger partial charge is 0.0896 e. The summed E-state index contributed by atoms with van der Waals surface area (Å²) in [4.78, 5) is 8.66. The Bertz CT molecular complexity index is 572. The van der Waals surface area contributed by atoms with Gasteiger partial charge in [-0.05, 0) is 25.1 Å². The van der Waals surface area contributed by atoms with Crippen molar-refractivity contribution in [3.8, 4) is 0 Å². The number of hydrogen-bond acceptors (Lipinski definition) is 4. The average molecular weight is 212 g/mol. The third kappa shape index (κ3) is 1.77. The maximum atomic E-state index is 7.23. The second-order valence-electron chi connectivity index (χ2n) is 3.48. The van der Waals surface area contributed by atoms with Crippen molar-refractivity contribution in [2.75, 3.05) is 0 Å². The van der Waals surface area contributed by atoms with E-state index in [1.807, 2.05) is 25.1 Å². The maximum absolute atomic E-state index is 7.23. The minimum atomic E-state index is 0.637. The fraction of sp³-hybridized carbons (Fsp3) is 0.0833. The Kier molecular flexibility index (Phi) is 2.64. The van der Waals surface area contributed by atoms with Gasteiger partial charge in [0.15, 0.2) is 0 Å². The van der Waals surface area contributed by atoms with Crippen LogP contribution in [0.3, 0.4) is 0 Å². The third-order valence-electron chi connectivity index (χ3n) is 2.34. The summed E-state index contributed by atoms with van der Waals surface area (Å²) < 4.78 is 0. The monoisotopic (exact) mass is 212 g/mol. The Balaban J connectivity index is 2.63. The molecule has 80 valence electrons. The Hall–Kier alpha value is -2.23. The highest BCUT2D eigenvalue weighted by molar-refractivity contribution is 6.08. The van der Waals surface area contributed by atoms with Crippen LogP contribution in [0.25, 0.3) is 16.6 Å². The van der Waals surface area contributed by atoms with Crippen LogP contribution in [-0.2, 0) is 0 Å². The topological polar surface area (TPSA) is 75.7 Å². The van der Waals surface area contributed by atoms with Gasteiger partial charge in [0.05, 0.1) is 11.0 Å². The number of aryl methyl sites for hydroxylation is 1. The van der Waals surface area contributed by atoms with Crippen LogP contribution in [-0.4, -0.2) is 16.2 Å². The van der Waals surface area contributed by atoms with Crippen LogP contribution >= 0.6 is 0 Å². The van der Waals surface area contributed by atoms with E-state index in [1.165, 1.54) is 12.4 Å².